The summed E-state index contributed by atoms with van der Waals surface area (Å²) in [6.07, 6.45) is 0.280. The number of aliphatic hydroxyl groups excluding tert-OH is 1. The minimum atomic E-state index is -3.14. The van der Waals surface area contributed by atoms with E-state index in [1.807, 2.05) is 31.2 Å². The molecule has 1 aromatic rings. The Morgan fingerprint density at radius 1 is 1.40 bits per heavy atom. The lowest BCUT2D eigenvalue weighted by Crippen LogP contribution is -2.28. The van der Waals surface area contributed by atoms with Crippen molar-refractivity contribution in [2.75, 3.05) is 23.1 Å². The zero-order valence-corrected chi connectivity index (χ0v) is 12.7. The zero-order valence-electron chi connectivity index (χ0n) is 11.9. The molecule has 2 unspecified atom stereocenters. The minimum absolute atomic E-state index is 0.0647. The van der Waals surface area contributed by atoms with Crippen LogP contribution in [-0.4, -0.2) is 38.5 Å². The number of rotatable bonds is 5. The molecule has 1 aromatic carbocycles. The molecule has 1 heterocycles. The van der Waals surface area contributed by atoms with Gasteiger partial charge in [-0.05, 0) is 38.0 Å². The molecule has 0 aliphatic carbocycles. The van der Waals surface area contributed by atoms with Gasteiger partial charge in [0.2, 0.25) is 10.0 Å². The highest BCUT2D eigenvalue weighted by molar-refractivity contribution is 7.93. The fourth-order valence-corrected chi connectivity index (χ4v) is 3.90. The van der Waals surface area contributed by atoms with E-state index in [1.165, 1.54) is 4.31 Å². The SMILES string of the molecule is CC(O)CNC(C)c1cccc(N2CCCS2(=O)=O)c1. The number of sulfonamides is 1. The molecule has 1 fully saturated rings. The molecule has 0 radical (unpaired) electrons. The first-order valence-electron chi connectivity index (χ1n) is 6.92. The van der Waals surface area contributed by atoms with Gasteiger partial charge in [0, 0.05) is 19.1 Å². The van der Waals surface area contributed by atoms with Crippen LogP contribution in [0.15, 0.2) is 24.3 Å². The molecule has 0 amide bonds. The lowest BCUT2D eigenvalue weighted by atomic mass is 10.1. The van der Waals surface area contributed by atoms with Gasteiger partial charge in [-0.15, -0.1) is 0 Å². The third kappa shape index (κ3) is 3.50. The van der Waals surface area contributed by atoms with Crippen LogP contribution in [0.25, 0.3) is 0 Å². The second-order valence-electron chi connectivity index (χ2n) is 5.32. The van der Waals surface area contributed by atoms with E-state index >= 15 is 0 Å². The first-order chi connectivity index (χ1) is 9.40. The van der Waals surface area contributed by atoms with Crippen molar-refractivity contribution < 1.29 is 13.5 Å². The first-order valence-corrected chi connectivity index (χ1v) is 8.53. The highest BCUT2D eigenvalue weighted by Gasteiger charge is 2.28. The minimum Gasteiger partial charge on any atom is -0.392 e. The molecule has 2 N–H and O–H groups in total. The predicted molar refractivity (Wildman–Crippen MR) is 80.3 cm³/mol. The van der Waals surface area contributed by atoms with Crippen molar-refractivity contribution in [1.29, 1.82) is 0 Å². The van der Waals surface area contributed by atoms with Crippen molar-refractivity contribution in [1.82, 2.24) is 5.32 Å². The number of hydrogen-bond donors (Lipinski definition) is 2. The summed E-state index contributed by atoms with van der Waals surface area (Å²) in [5.41, 5.74) is 1.75. The third-order valence-corrected chi connectivity index (χ3v) is 5.35. The van der Waals surface area contributed by atoms with Crippen LogP contribution in [-0.2, 0) is 10.0 Å². The molecule has 112 valence electrons. The van der Waals surface area contributed by atoms with E-state index in [2.05, 4.69) is 5.32 Å². The molecule has 5 nitrogen and oxygen atoms in total. The Balaban J connectivity index is 2.16. The van der Waals surface area contributed by atoms with Crippen molar-refractivity contribution in [2.24, 2.45) is 0 Å². The molecule has 0 bridgehead atoms. The molecule has 2 atom stereocenters. The average Bonchev–Trinajstić information content (AvgIpc) is 2.75. The van der Waals surface area contributed by atoms with E-state index < -0.39 is 16.1 Å². The van der Waals surface area contributed by atoms with Gasteiger partial charge in [0.15, 0.2) is 0 Å². The second kappa shape index (κ2) is 6.11. The summed E-state index contributed by atoms with van der Waals surface area (Å²) in [5.74, 6) is 0.229. The molecular formula is C14H22N2O3S. The monoisotopic (exact) mass is 298 g/mol. The van der Waals surface area contributed by atoms with Crippen molar-refractivity contribution in [3.8, 4) is 0 Å². The van der Waals surface area contributed by atoms with Crippen LogP contribution >= 0.6 is 0 Å². The Bertz CT molecular complexity index is 557. The Kier molecular flexibility index (Phi) is 4.67. The molecular weight excluding hydrogens is 276 g/mol. The maximum absolute atomic E-state index is 11.9. The number of hydrogen-bond acceptors (Lipinski definition) is 4. The molecule has 0 aromatic heterocycles. The van der Waals surface area contributed by atoms with E-state index in [4.69, 9.17) is 0 Å². The van der Waals surface area contributed by atoms with Crippen LogP contribution in [0.3, 0.4) is 0 Å². The Morgan fingerprint density at radius 3 is 2.75 bits per heavy atom. The van der Waals surface area contributed by atoms with Gasteiger partial charge in [-0.3, -0.25) is 4.31 Å². The van der Waals surface area contributed by atoms with E-state index in [0.717, 1.165) is 11.3 Å². The van der Waals surface area contributed by atoms with Crippen LogP contribution in [0.2, 0.25) is 0 Å². The largest absolute Gasteiger partial charge is 0.392 e. The van der Waals surface area contributed by atoms with Gasteiger partial charge in [-0.25, -0.2) is 8.42 Å². The molecule has 0 spiro atoms. The Hall–Kier alpha value is -1.11. The lowest BCUT2D eigenvalue weighted by molar-refractivity contribution is 0.187. The summed E-state index contributed by atoms with van der Waals surface area (Å²) in [6.45, 7) is 4.79. The zero-order chi connectivity index (χ0) is 14.8. The summed E-state index contributed by atoms with van der Waals surface area (Å²) in [6, 6.07) is 7.64. The Morgan fingerprint density at radius 2 is 2.15 bits per heavy atom. The molecule has 20 heavy (non-hydrogen) atoms. The van der Waals surface area contributed by atoms with Gasteiger partial charge in [0.05, 0.1) is 17.5 Å². The highest BCUT2D eigenvalue weighted by Crippen LogP contribution is 2.26. The highest BCUT2D eigenvalue weighted by atomic mass is 32.2. The van der Waals surface area contributed by atoms with Crippen molar-refractivity contribution in [2.45, 2.75) is 32.4 Å². The summed E-state index contributed by atoms with van der Waals surface area (Å²) < 4.78 is 25.4. The summed E-state index contributed by atoms with van der Waals surface area (Å²) in [7, 11) is -3.14. The number of nitrogens with one attached hydrogen (secondary N) is 1. The molecule has 0 saturated carbocycles. The van der Waals surface area contributed by atoms with E-state index in [-0.39, 0.29) is 11.8 Å². The van der Waals surface area contributed by atoms with Gasteiger partial charge >= 0.3 is 0 Å². The molecule has 6 heteroatoms. The summed E-state index contributed by atoms with van der Waals surface area (Å²) in [4.78, 5) is 0. The van der Waals surface area contributed by atoms with Crippen LogP contribution in [0.1, 0.15) is 31.9 Å². The standard InChI is InChI=1S/C14H22N2O3S/c1-11(17)10-15-12(2)13-5-3-6-14(9-13)16-7-4-8-20(16,18)19/h3,5-6,9,11-12,15,17H,4,7-8,10H2,1-2H3. The topological polar surface area (TPSA) is 69.6 Å². The van der Waals surface area contributed by atoms with E-state index in [1.54, 1.807) is 6.92 Å². The van der Waals surface area contributed by atoms with E-state index in [0.29, 0.717) is 19.5 Å². The second-order valence-corrected chi connectivity index (χ2v) is 7.33. The quantitative estimate of drug-likeness (QED) is 0.858. The Labute approximate surface area is 120 Å². The fraction of sp³-hybridized carbons (Fsp3) is 0.571. The van der Waals surface area contributed by atoms with Crippen LogP contribution in [0.4, 0.5) is 5.69 Å². The molecule has 2 rings (SSSR count). The van der Waals surface area contributed by atoms with Crippen LogP contribution < -0.4 is 9.62 Å². The average molecular weight is 298 g/mol. The lowest BCUT2D eigenvalue weighted by Gasteiger charge is -2.20. The fourth-order valence-electron chi connectivity index (χ4n) is 2.34. The first kappa shape index (κ1) is 15.3. The van der Waals surface area contributed by atoms with Gasteiger partial charge < -0.3 is 10.4 Å². The van der Waals surface area contributed by atoms with Crippen molar-refractivity contribution in [3.63, 3.8) is 0 Å². The normalized spacial score (nSPS) is 20.9. The number of benzene rings is 1. The third-order valence-electron chi connectivity index (χ3n) is 3.48. The van der Waals surface area contributed by atoms with Gasteiger partial charge in [0.1, 0.15) is 0 Å². The van der Waals surface area contributed by atoms with Crippen LogP contribution in [0, 0.1) is 0 Å². The number of nitrogens with zero attached hydrogens (tertiary/aromatic N) is 1. The molecule has 1 aliphatic rings. The maximum Gasteiger partial charge on any atom is 0.235 e. The summed E-state index contributed by atoms with van der Waals surface area (Å²) in [5, 5.41) is 12.5. The van der Waals surface area contributed by atoms with Gasteiger partial charge in [-0.1, -0.05) is 12.1 Å². The molecule has 1 saturated heterocycles. The number of anilines is 1. The van der Waals surface area contributed by atoms with Crippen LogP contribution in [0.5, 0.6) is 0 Å². The van der Waals surface area contributed by atoms with E-state index in [9.17, 15) is 13.5 Å². The molecule has 1 aliphatic heterocycles. The number of aliphatic hydroxyl groups is 1. The van der Waals surface area contributed by atoms with Crippen molar-refractivity contribution >= 4 is 15.7 Å². The van der Waals surface area contributed by atoms with Crippen molar-refractivity contribution in [3.05, 3.63) is 29.8 Å². The van der Waals surface area contributed by atoms with Gasteiger partial charge in [0.25, 0.3) is 0 Å². The van der Waals surface area contributed by atoms with Gasteiger partial charge in [-0.2, -0.15) is 0 Å². The predicted octanol–water partition coefficient (Wildman–Crippen LogP) is 1.26. The summed E-state index contributed by atoms with van der Waals surface area (Å²) >= 11 is 0. The smallest absolute Gasteiger partial charge is 0.235 e. The maximum atomic E-state index is 11.9.